The second-order valence-electron chi connectivity index (χ2n) is 3.75. The Hall–Kier alpha value is -2.36. The Kier molecular flexibility index (Phi) is 3.28. The molecule has 0 fully saturated rings. The number of aromatic nitrogens is 2. The first kappa shape index (κ1) is 12.1. The lowest BCUT2D eigenvalue weighted by atomic mass is 10.1. The molecule has 0 radical (unpaired) electrons. The smallest absolute Gasteiger partial charge is 0.259 e. The van der Waals surface area contributed by atoms with Crippen molar-refractivity contribution in [2.24, 2.45) is 0 Å². The molecule has 0 saturated carbocycles. The summed E-state index contributed by atoms with van der Waals surface area (Å²) in [5.74, 6) is 0.727. The molecule has 4 heteroatoms. The molecule has 2 aromatic rings. The van der Waals surface area contributed by atoms with Gasteiger partial charge in [0.2, 0.25) is 0 Å². The molecule has 2 rings (SSSR count). The average Bonchev–Trinajstić information content (AvgIpc) is 2.38. The molecular weight excluding hydrogens is 228 g/mol. The first-order chi connectivity index (χ1) is 8.65. The average molecular weight is 242 g/mol. The minimum Gasteiger partial charge on any atom is -0.491 e. The fraction of sp³-hybridized carbons (Fsp3) is 0.143. The van der Waals surface area contributed by atoms with Crippen molar-refractivity contribution in [3.8, 4) is 0 Å². The molecule has 0 aliphatic heterocycles. The molecule has 0 amide bonds. The predicted octanol–water partition coefficient (Wildman–Crippen LogP) is 2.57. The van der Waals surface area contributed by atoms with Crippen LogP contribution in [0.15, 0.2) is 36.2 Å². The molecule has 1 aromatic carbocycles. The Balaban J connectivity index is 2.60. The van der Waals surface area contributed by atoms with E-state index in [1.54, 1.807) is 18.2 Å². The summed E-state index contributed by atoms with van der Waals surface area (Å²) in [4.78, 5) is 18.9. The largest absolute Gasteiger partial charge is 0.491 e. The molecule has 0 aliphatic carbocycles. The third-order valence-corrected chi connectivity index (χ3v) is 2.55. The summed E-state index contributed by atoms with van der Waals surface area (Å²) in [6, 6.07) is 5.39. The van der Waals surface area contributed by atoms with Gasteiger partial charge in [0.15, 0.2) is 11.6 Å². The monoisotopic (exact) mass is 242 g/mol. The summed E-state index contributed by atoms with van der Waals surface area (Å²) in [6.45, 7) is 9.73. The van der Waals surface area contributed by atoms with Crippen molar-refractivity contribution in [1.29, 1.82) is 0 Å². The molecule has 0 spiro atoms. The van der Waals surface area contributed by atoms with Crippen LogP contribution < -0.4 is 5.56 Å². The Morgan fingerprint density at radius 1 is 1.56 bits per heavy atom. The number of aromatic amines is 1. The summed E-state index contributed by atoms with van der Waals surface area (Å²) in [6.07, 6.45) is 1.69. The number of benzene rings is 1. The van der Waals surface area contributed by atoms with Crippen molar-refractivity contribution < 1.29 is 4.74 Å². The Morgan fingerprint density at radius 3 is 3.00 bits per heavy atom. The van der Waals surface area contributed by atoms with E-state index >= 15 is 0 Å². The number of ether oxygens (including phenoxy) is 1. The molecular formula is C14H14N2O2. The number of fused-ring (bicyclic) bond motifs is 1. The van der Waals surface area contributed by atoms with Crippen LogP contribution in [0.1, 0.15) is 18.3 Å². The molecule has 92 valence electrons. The molecule has 0 bridgehead atoms. The quantitative estimate of drug-likeness (QED) is 0.838. The van der Waals surface area contributed by atoms with Gasteiger partial charge in [-0.25, -0.2) is 4.98 Å². The minimum atomic E-state index is -0.209. The van der Waals surface area contributed by atoms with Crippen molar-refractivity contribution in [3.63, 3.8) is 0 Å². The number of H-pyrrole nitrogens is 1. The van der Waals surface area contributed by atoms with Crippen LogP contribution in [0.5, 0.6) is 0 Å². The number of rotatable bonds is 4. The molecule has 1 aromatic heterocycles. The summed E-state index contributed by atoms with van der Waals surface area (Å²) >= 11 is 0. The predicted molar refractivity (Wildman–Crippen MR) is 73.1 cm³/mol. The summed E-state index contributed by atoms with van der Waals surface area (Å²) in [7, 11) is 0. The summed E-state index contributed by atoms with van der Waals surface area (Å²) in [5, 5.41) is 0.528. The Bertz CT molecular complexity index is 671. The van der Waals surface area contributed by atoms with Gasteiger partial charge in [0.1, 0.15) is 0 Å². The van der Waals surface area contributed by atoms with Gasteiger partial charge in [0.05, 0.1) is 17.5 Å². The maximum Gasteiger partial charge on any atom is 0.259 e. The molecule has 0 saturated heterocycles. The van der Waals surface area contributed by atoms with Crippen LogP contribution in [0.3, 0.4) is 0 Å². The summed E-state index contributed by atoms with van der Waals surface area (Å²) in [5.41, 5.74) is 1.28. The molecule has 1 N–H and O–H groups in total. The number of hydrogen-bond donors (Lipinski definition) is 1. The van der Waals surface area contributed by atoms with Gasteiger partial charge < -0.3 is 9.72 Å². The third kappa shape index (κ3) is 2.18. The lowest BCUT2D eigenvalue weighted by Crippen LogP contribution is -2.12. The van der Waals surface area contributed by atoms with Crippen LogP contribution in [-0.2, 0) is 4.74 Å². The Labute approximate surface area is 105 Å². The van der Waals surface area contributed by atoms with E-state index in [0.29, 0.717) is 29.1 Å². The lowest BCUT2D eigenvalue weighted by molar-refractivity contribution is 0.296. The van der Waals surface area contributed by atoms with Gasteiger partial charge in [-0.1, -0.05) is 25.3 Å². The molecule has 0 unspecified atom stereocenters. The van der Waals surface area contributed by atoms with E-state index in [0.717, 1.165) is 5.56 Å². The zero-order chi connectivity index (χ0) is 13.1. The molecule has 4 nitrogen and oxygen atoms in total. The molecule has 18 heavy (non-hydrogen) atoms. The van der Waals surface area contributed by atoms with Gasteiger partial charge >= 0.3 is 0 Å². The fourth-order valence-corrected chi connectivity index (χ4v) is 1.66. The highest BCUT2D eigenvalue weighted by Gasteiger charge is 2.07. The summed E-state index contributed by atoms with van der Waals surface area (Å²) < 4.78 is 5.23. The Morgan fingerprint density at radius 2 is 2.33 bits per heavy atom. The van der Waals surface area contributed by atoms with Crippen LogP contribution in [0, 0.1) is 0 Å². The maximum atomic E-state index is 11.9. The van der Waals surface area contributed by atoms with Gasteiger partial charge in [-0.2, -0.15) is 0 Å². The van der Waals surface area contributed by atoms with E-state index in [1.165, 1.54) is 0 Å². The van der Waals surface area contributed by atoms with Gasteiger partial charge in [-0.15, -0.1) is 0 Å². The van der Waals surface area contributed by atoms with Crippen molar-refractivity contribution in [2.45, 2.75) is 6.92 Å². The van der Waals surface area contributed by atoms with Gasteiger partial charge in [-0.05, 0) is 24.6 Å². The van der Waals surface area contributed by atoms with E-state index in [-0.39, 0.29) is 5.56 Å². The van der Waals surface area contributed by atoms with Crippen molar-refractivity contribution in [3.05, 3.63) is 53.1 Å². The van der Waals surface area contributed by atoms with Crippen LogP contribution >= 0.6 is 0 Å². The minimum absolute atomic E-state index is 0.209. The standard InChI is InChI=1S/C14H14N2O2/c1-4-10-6-7-12-11(8-10)14(17)16-13(15-12)9(3)18-5-2/h4,6-8H,1,3,5H2,2H3,(H,15,16,17). The zero-order valence-corrected chi connectivity index (χ0v) is 10.2. The third-order valence-electron chi connectivity index (χ3n) is 2.55. The van der Waals surface area contributed by atoms with E-state index in [2.05, 4.69) is 23.1 Å². The van der Waals surface area contributed by atoms with Crippen LogP contribution in [0.25, 0.3) is 22.7 Å². The molecule has 0 aliphatic rings. The van der Waals surface area contributed by atoms with Crippen LogP contribution in [0.4, 0.5) is 0 Å². The number of nitrogens with zero attached hydrogens (tertiary/aromatic N) is 1. The van der Waals surface area contributed by atoms with Crippen molar-refractivity contribution in [2.75, 3.05) is 6.61 Å². The highest BCUT2D eigenvalue weighted by molar-refractivity contribution is 5.81. The SMILES string of the molecule is C=Cc1ccc2nc(C(=C)OCC)[nH]c(=O)c2c1. The second-order valence-corrected chi connectivity index (χ2v) is 3.75. The van der Waals surface area contributed by atoms with Gasteiger partial charge in [0, 0.05) is 0 Å². The van der Waals surface area contributed by atoms with E-state index in [4.69, 9.17) is 4.74 Å². The van der Waals surface area contributed by atoms with Crippen LogP contribution in [0.2, 0.25) is 0 Å². The molecule has 1 heterocycles. The first-order valence-corrected chi connectivity index (χ1v) is 5.64. The highest BCUT2D eigenvalue weighted by Crippen LogP contribution is 2.14. The zero-order valence-electron chi connectivity index (χ0n) is 10.2. The van der Waals surface area contributed by atoms with Crippen LogP contribution in [-0.4, -0.2) is 16.6 Å². The van der Waals surface area contributed by atoms with Gasteiger partial charge in [0.25, 0.3) is 5.56 Å². The highest BCUT2D eigenvalue weighted by atomic mass is 16.5. The lowest BCUT2D eigenvalue weighted by Gasteiger charge is -2.07. The maximum absolute atomic E-state index is 11.9. The fourth-order valence-electron chi connectivity index (χ4n) is 1.66. The van der Waals surface area contributed by atoms with E-state index < -0.39 is 0 Å². The topological polar surface area (TPSA) is 55.0 Å². The van der Waals surface area contributed by atoms with E-state index in [9.17, 15) is 4.79 Å². The van der Waals surface area contributed by atoms with Crippen molar-refractivity contribution in [1.82, 2.24) is 9.97 Å². The first-order valence-electron chi connectivity index (χ1n) is 5.64. The normalized spacial score (nSPS) is 10.3. The second kappa shape index (κ2) is 4.87. The van der Waals surface area contributed by atoms with E-state index in [1.807, 2.05) is 13.0 Å². The number of hydrogen-bond acceptors (Lipinski definition) is 3. The van der Waals surface area contributed by atoms with Crippen molar-refractivity contribution >= 4 is 22.7 Å². The number of nitrogens with one attached hydrogen (secondary N) is 1. The van der Waals surface area contributed by atoms with Gasteiger partial charge in [-0.3, -0.25) is 4.79 Å². The molecule has 0 atom stereocenters.